The third-order valence-electron chi connectivity index (χ3n) is 3.42. The molecule has 1 amide bonds. The van der Waals surface area contributed by atoms with E-state index < -0.39 is 5.60 Å². The number of methoxy groups -OCH3 is 1. The van der Waals surface area contributed by atoms with Crippen molar-refractivity contribution < 1.29 is 14.3 Å². The number of unbranched alkanes of at least 4 members (excludes halogenated alkanes) is 1. The predicted octanol–water partition coefficient (Wildman–Crippen LogP) is 4.01. The zero-order valence-electron chi connectivity index (χ0n) is 13.7. The molecule has 0 aliphatic heterocycles. The Morgan fingerprint density at radius 1 is 1.29 bits per heavy atom. The maximum Gasteiger partial charge on any atom is 0.256 e. The topological polar surface area (TPSA) is 47.6 Å². The van der Waals surface area contributed by atoms with Crippen LogP contribution in [0.1, 0.15) is 47.0 Å². The summed E-state index contributed by atoms with van der Waals surface area (Å²) in [6.45, 7) is 7.89. The highest BCUT2D eigenvalue weighted by Crippen LogP contribution is 2.22. The summed E-state index contributed by atoms with van der Waals surface area (Å²) in [5.74, 6) is 0.680. The van der Waals surface area contributed by atoms with Gasteiger partial charge in [0.1, 0.15) is 11.4 Å². The molecular formula is C17H27NO3. The number of carbonyl (C=O) groups excluding carboxylic acids is 1. The fourth-order valence-corrected chi connectivity index (χ4v) is 1.97. The molecule has 0 saturated carbocycles. The van der Waals surface area contributed by atoms with Gasteiger partial charge in [-0.15, -0.1) is 0 Å². The van der Waals surface area contributed by atoms with Crippen molar-refractivity contribution in [2.45, 2.75) is 58.7 Å². The van der Waals surface area contributed by atoms with Gasteiger partial charge in [-0.2, -0.15) is 0 Å². The molecule has 4 heteroatoms. The summed E-state index contributed by atoms with van der Waals surface area (Å²) in [6.07, 6.45) is 2.84. The van der Waals surface area contributed by atoms with E-state index in [4.69, 9.17) is 9.47 Å². The number of amides is 1. The van der Waals surface area contributed by atoms with E-state index in [0.717, 1.165) is 24.3 Å². The van der Waals surface area contributed by atoms with Gasteiger partial charge in [0, 0.05) is 12.8 Å². The summed E-state index contributed by atoms with van der Waals surface area (Å²) >= 11 is 0. The van der Waals surface area contributed by atoms with Crippen molar-refractivity contribution >= 4 is 11.6 Å². The Kier molecular flexibility index (Phi) is 6.69. The molecule has 0 aliphatic rings. The predicted molar refractivity (Wildman–Crippen MR) is 85.8 cm³/mol. The van der Waals surface area contributed by atoms with Crippen LogP contribution < -0.4 is 10.1 Å². The van der Waals surface area contributed by atoms with Crippen LogP contribution in [0, 0.1) is 0 Å². The molecule has 0 saturated heterocycles. The average Bonchev–Trinajstić information content (AvgIpc) is 2.46. The zero-order chi connectivity index (χ0) is 15.9. The molecule has 1 rings (SSSR count). The summed E-state index contributed by atoms with van der Waals surface area (Å²) in [6, 6.07) is 7.38. The lowest BCUT2D eigenvalue weighted by atomic mass is 9.97. The highest BCUT2D eigenvalue weighted by Gasteiger charge is 2.32. The van der Waals surface area contributed by atoms with Gasteiger partial charge >= 0.3 is 0 Å². The normalized spacial score (nSPS) is 13.8. The van der Waals surface area contributed by atoms with Gasteiger partial charge in [0.15, 0.2) is 0 Å². The van der Waals surface area contributed by atoms with Gasteiger partial charge in [0.2, 0.25) is 0 Å². The van der Waals surface area contributed by atoms with E-state index in [-0.39, 0.29) is 12.0 Å². The van der Waals surface area contributed by atoms with Crippen LogP contribution in [0.3, 0.4) is 0 Å². The fourth-order valence-electron chi connectivity index (χ4n) is 1.97. The monoisotopic (exact) mass is 293 g/mol. The molecule has 0 aliphatic carbocycles. The summed E-state index contributed by atoms with van der Waals surface area (Å²) in [5, 5.41) is 2.90. The van der Waals surface area contributed by atoms with Crippen LogP contribution in [0.4, 0.5) is 5.69 Å². The summed E-state index contributed by atoms with van der Waals surface area (Å²) in [5.41, 5.74) is -0.0424. The van der Waals surface area contributed by atoms with Crippen LogP contribution >= 0.6 is 0 Å². The molecule has 0 radical (unpaired) electrons. The molecule has 1 unspecified atom stereocenters. The quantitative estimate of drug-likeness (QED) is 0.788. The number of benzene rings is 1. The van der Waals surface area contributed by atoms with Crippen molar-refractivity contribution in [2.75, 3.05) is 12.4 Å². The van der Waals surface area contributed by atoms with Gasteiger partial charge in [0.05, 0.1) is 6.10 Å². The number of nitrogens with one attached hydrogen (secondary N) is 1. The smallest absolute Gasteiger partial charge is 0.256 e. The summed E-state index contributed by atoms with van der Waals surface area (Å²) in [4.78, 5) is 12.4. The fraction of sp³-hybridized carbons (Fsp3) is 0.588. The van der Waals surface area contributed by atoms with Crippen LogP contribution in [0.25, 0.3) is 0 Å². The molecule has 0 bridgehead atoms. The minimum Gasteiger partial charge on any atom is -0.491 e. The Balaban J connectivity index is 2.68. The van der Waals surface area contributed by atoms with E-state index >= 15 is 0 Å². The Bertz CT molecular complexity index is 442. The maximum absolute atomic E-state index is 12.4. The lowest BCUT2D eigenvalue weighted by Crippen LogP contribution is -2.41. The molecular weight excluding hydrogens is 266 g/mol. The number of hydrogen-bond acceptors (Lipinski definition) is 3. The zero-order valence-corrected chi connectivity index (χ0v) is 13.7. The van der Waals surface area contributed by atoms with Crippen molar-refractivity contribution in [1.82, 2.24) is 0 Å². The number of anilines is 1. The van der Waals surface area contributed by atoms with Gasteiger partial charge in [-0.1, -0.05) is 19.8 Å². The van der Waals surface area contributed by atoms with Crippen molar-refractivity contribution in [3.05, 3.63) is 24.3 Å². The van der Waals surface area contributed by atoms with Crippen LogP contribution in [0.5, 0.6) is 5.75 Å². The van der Waals surface area contributed by atoms with Gasteiger partial charge in [-0.25, -0.2) is 0 Å². The van der Waals surface area contributed by atoms with Crippen molar-refractivity contribution in [2.24, 2.45) is 0 Å². The second-order valence-corrected chi connectivity index (χ2v) is 5.68. The molecule has 1 atom stereocenters. The van der Waals surface area contributed by atoms with Crippen LogP contribution in [0.15, 0.2) is 24.3 Å². The van der Waals surface area contributed by atoms with Crippen molar-refractivity contribution in [3.63, 3.8) is 0 Å². The van der Waals surface area contributed by atoms with Gasteiger partial charge < -0.3 is 14.8 Å². The standard InChI is InChI=1S/C17H27NO3/c1-6-7-12-17(4,20-5)16(19)18-14-8-10-15(11-9-14)21-13(2)3/h8-11,13H,6-7,12H2,1-5H3,(H,18,19). The van der Waals surface area contributed by atoms with Crippen LogP contribution in [0.2, 0.25) is 0 Å². The third-order valence-corrected chi connectivity index (χ3v) is 3.42. The Hall–Kier alpha value is -1.55. The molecule has 21 heavy (non-hydrogen) atoms. The molecule has 0 fully saturated rings. The second-order valence-electron chi connectivity index (χ2n) is 5.68. The van der Waals surface area contributed by atoms with E-state index in [0.29, 0.717) is 6.42 Å². The SMILES string of the molecule is CCCCC(C)(OC)C(=O)Nc1ccc(OC(C)C)cc1. The van der Waals surface area contributed by atoms with E-state index in [9.17, 15) is 4.79 Å². The van der Waals surface area contributed by atoms with Crippen LogP contribution in [-0.2, 0) is 9.53 Å². The average molecular weight is 293 g/mol. The van der Waals surface area contributed by atoms with Crippen molar-refractivity contribution in [1.29, 1.82) is 0 Å². The summed E-state index contributed by atoms with van der Waals surface area (Å²) in [7, 11) is 1.58. The lowest BCUT2D eigenvalue weighted by molar-refractivity contribution is -0.136. The Morgan fingerprint density at radius 2 is 1.90 bits per heavy atom. The largest absolute Gasteiger partial charge is 0.491 e. The second kappa shape index (κ2) is 8.03. The highest BCUT2D eigenvalue weighted by molar-refractivity contribution is 5.97. The van der Waals surface area contributed by atoms with Crippen molar-refractivity contribution in [3.8, 4) is 5.75 Å². The summed E-state index contributed by atoms with van der Waals surface area (Å²) < 4.78 is 11.0. The molecule has 0 heterocycles. The minimum absolute atomic E-state index is 0.115. The number of ether oxygens (including phenoxy) is 2. The van der Waals surface area contributed by atoms with E-state index in [2.05, 4.69) is 12.2 Å². The van der Waals surface area contributed by atoms with Crippen LogP contribution in [-0.4, -0.2) is 24.7 Å². The molecule has 0 aromatic heterocycles. The number of hydrogen-bond donors (Lipinski definition) is 1. The molecule has 118 valence electrons. The first kappa shape index (κ1) is 17.5. The molecule has 1 N–H and O–H groups in total. The third kappa shape index (κ3) is 5.38. The lowest BCUT2D eigenvalue weighted by Gasteiger charge is -2.26. The van der Waals surface area contributed by atoms with Gasteiger partial charge in [-0.3, -0.25) is 4.79 Å². The number of carbonyl (C=O) groups is 1. The van der Waals surface area contributed by atoms with Gasteiger partial charge in [0.25, 0.3) is 5.91 Å². The first-order valence-corrected chi connectivity index (χ1v) is 7.54. The highest BCUT2D eigenvalue weighted by atomic mass is 16.5. The number of rotatable bonds is 8. The van der Waals surface area contributed by atoms with E-state index in [1.807, 2.05) is 45.0 Å². The van der Waals surface area contributed by atoms with Gasteiger partial charge in [-0.05, 0) is 51.5 Å². The Morgan fingerprint density at radius 3 is 2.38 bits per heavy atom. The minimum atomic E-state index is -0.789. The first-order chi connectivity index (χ1) is 9.91. The maximum atomic E-state index is 12.4. The Labute approximate surface area is 127 Å². The van der Waals surface area contributed by atoms with E-state index in [1.165, 1.54) is 0 Å². The molecule has 1 aromatic rings. The van der Waals surface area contributed by atoms with E-state index in [1.54, 1.807) is 7.11 Å². The molecule has 4 nitrogen and oxygen atoms in total. The molecule has 0 spiro atoms. The first-order valence-electron chi connectivity index (χ1n) is 7.54. The molecule has 1 aromatic carbocycles.